The Hall–Kier alpha value is -0.470. The fourth-order valence-electron chi connectivity index (χ4n) is 2.69. The van der Waals surface area contributed by atoms with Gasteiger partial charge in [0, 0.05) is 13.0 Å². The molecule has 0 saturated heterocycles. The van der Waals surface area contributed by atoms with Crippen LogP contribution in [0.2, 0.25) is 0 Å². The molecule has 1 aliphatic carbocycles. The lowest BCUT2D eigenvalue weighted by Gasteiger charge is -2.12. The van der Waals surface area contributed by atoms with Crippen molar-refractivity contribution >= 4 is 23.6 Å². The van der Waals surface area contributed by atoms with E-state index in [0.717, 1.165) is 12.8 Å². The number of unbranched alkanes of at least 4 members (excludes halogenated alkanes) is 1. The number of carbonyl (C=O) groups excluding carboxylic acids is 1. The molecule has 1 rings (SSSR count). The molecule has 0 aromatic rings. The summed E-state index contributed by atoms with van der Waals surface area (Å²) in [6.45, 7) is 1.29. The lowest BCUT2D eigenvalue weighted by molar-refractivity contribution is -0.119. The molecule has 0 heterocycles. The van der Waals surface area contributed by atoms with E-state index < -0.39 is 17.7 Å². The quantitative estimate of drug-likeness (QED) is 0.407. The van der Waals surface area contributed by atoms with Gasteiger partial charge in [0.05, 0.1) is 18.1 Å². The molecule has 0 aromatic carbocycles. The molecule has 1 fully saturated rings. The normalized spacial score (nSPS) is 22.7. The van der Waals surface area contributed by atoms with Gasteiger partial charge in [-0.2, -0.15) is 0 Å². The maximum atomic E-state index is 12.0. The Morgan fingerprint density at radius 2 is 2.00 bits per heavy atom. The molecule has 10 heteroatoms. The Balaban J connectivity index is 2.24. The summed E-state index contributed by atoms with van der Waals surface area (Å²) in [6.07, 6.45) is 2.86. The highest BCUT2D eigenvalue weighted by molar-refractivity contribution is 7.91. The Bertz CT molecular complexity index is 516. The summed E-state index contributed by atoms with van der Waals surface area (Å²) in [5, 5.41) is 2.81. The molecule has 0 radical (unpaired) electrons. The second kappa shape index (κ2) is 8.40. The maximum absolute atomic E-state index is 12.0. The van der Waals surface area contributed by atoms with Gasteiger partial charge in [-0.3, -0.25) is 9.32 Å². The van der Waals surface area contributed by atoms with Crippen LogP contribution < -0.4 is 5.32 Å². The summed E-state index contributed by atoms with van der Waals surface area (Å²) in [5.74, 6) is 0.0492. The summed E-state index contributed by atoms with van der Waals surface area (Å²) >= 11 is 0. The van der Waals surface area contributed by atoms with E-state index in [1.165, 1.54) is 6.92 Å². The van der Waals surface area contributed by atoms with Crippen molar-refractivity contribution < 1.29 is 32.1 Å². The topological polar surface area (TPSA) is 130 Å². The van der Waals surface area contributed by atoms with Gasteiger partial charge >= 0.3 is 7.82 Å². The first kappa shape index (κ1) is 19.6. The van der Waals surface area contributed by atoms with Gasteiger partial charge in [-0.15, -0.1) is 0 Å². The van der Waals surface area contributed by atoms with Gasteiger partial charge in [-0.05, 0) is 38.0 Å². The summed E-state index contributed by atoms with van der Waals surface area (Å²) in [5.41, 5.74) is 0. The summed E-state index contributed by atoms with van der Waals surface area (Å²) < 4.78 is 38.7. The number of rotatable bonds is 9. The van der Waals surface area contributed by atoms with Crippen molar-refractivity contribution in [3.8, 4) is 0 Å². The zero-order chi connectivity index (χ0) is 16.8. The number of carbonyl (C=O) groups is 1. The van der Waals surface area contributed by atoms with E-state index in [1.54, 1.807) is 0 Å². The average molecular weight is 357 g/mol. The molecule has 0 bridgehead atoms. The van der Waals surface area contributed by atoms with Crippen LogP contribution in [0.3, 0.4) is 0 Å². The minimum absolute atomic E-state index is 0.0151. The minimum Gasteiger partial charge on any atom is -0.354 e. The average Bonchev–Trinajstić information content (AvgIpc) is 2.72. The lowest BCUT2D eigenvalue weighted by atomic mass is 10.1. The number of phosphoric acid groups is 1. The highest BCUT2D eigenvalue weighted by atomic mass is 32.2. The monoisotopic (exact) mass is 357 g/mol. The third kappa shape index (κ3) is 8.85. The van der Waals surface area contributed by atoms with Crippen molar-refractivity contribution in [1.29, 1.82) is 0 Å². The van der Waals surface area contributed by atoms with Gasteiger partial charge < -0.3 is 15.1 Å². The first-order chi connectivity index (χ1) is 10.1. The second-order valence-electron chi connectivity index (χ2n) is 5.72. The fraction of sp³-hybridized carbons (Fsp3) is 0.917. The standard InChI is InChI=1S/C12H24NO7PS/c1-10(14)13-12-5-4-11(8-12)9-22(18,19)7-3-2-6-20-21(15,16)17/h11-12H,2-9H2,1H3,(H,13,14)(H2,15,16,17). The summed E-state index contributed by atoms with van der Waals surface area (Å²) in [6, 6.07) is 0.0642. The predicted molar refractivity (Wildman–Crippen MR) is 80.8 cm³/mol. The third-order valence-electron chi connectivity index (χ3n) is 3.55. The number of hydrogen-bond donors (Lipinski definition) is 3. The molecule has 1 aliphatic rings. The largest absolute Gasteiger partial charge is 0.469 e. The van der Waals surface area contributed by atoms with E-state index in [-0.39, 0.29) is 42.4 Å². The second-order valence-corrected chi connectivity index (χ2v) is 9.19. The smallest absolute Gasteiger partial charge is 0.354 e. The molecule has 1 saturated carbocycles. The van der Waals surface area contributed by atoms with Crippen molar-refractivity contribution in [3.63, 3.8) is 0 Å². The molecule has 2 atom stereocenters. The van der Waals surface area contributed by atoms with Gasteiger partial charge in [0.2, 0.25) is 5.91 Å². The lowest BCUT2D eigenvalue weighted by Crippen LogP contribution is -2.31. The number of amides is 1. The van der Waals surface area contributed by atoms with Crippen LogP contribution in [0.4, 0.5) is 0 Å². The van der Waals surface area contributed by atoms with Crippen LogP contribution in [0.25, 0.3) is 0 Å². The minimum atomic E-state index is -4.47. The molecule has 0 aliphatic heterocycles. The van der Waals surface area contributed by atoms with Gasteiger partial charge in [0.1, 0.15) is 0 Å². The van der Waals surface area contributed by atoms with Gasteiger partial charge in [-0.1, -0.05) is 0 Å². The predicted octanol–water partition coefficient (Wildman–Crippen LogP) is 0.596. The third-order valence-corrected chi connectivity index (χ3v) is 5.96. The van der Waals surface area contributed by atoms with E-state index >= 15 is 0 Å². The molecular formula is C12H24NO7PS. The van der Waals surface area contributed by atoms with Crippen LogP contribution in [0, 0.1) is 5.92 Å². The zero-order valence-electron chi connectivity index (χ0n) is 12.6. The molecule has 0 aromatic heterocycles. The molecule has 130 valence electrons. The number of phosphoric ester groups is 1. The molecule has 8 nitrogen and oxygen atoms in total. The van der Waals surface area contributed by atoms with Crippen molar-refractivity contribution in [2.24, 2.45) is 5.92 Å². The summed E-state index contributed by atoms with van der Waals surface area (Å²) in [7, 11) is -7.67. The number of sulfone groups is 1. The van der Waals surface area contributed by atoms with Crippen molar-refractivity contribution in [2.45, 2.75) is 45.1 Å². The van der Waals surface area contributed by atoms with E-state index in [9.17, 15) is 17.8 Å². The Labute approximate surface area is 130 Å². The van der Waals surface area contributed by atoms with Crippen LogP contribution in [0.1, 0.15) is 39.0 Å². The SMILES string of the molecule is CC(=O)NC1CCC(CS(=O)(=O)CCCCOP(=O)(O)O)C1. The molecule has 2 unspecified atom stereocenters. The van der Waals surface area contributed by atoms with E-state index in [1.807, 2.05) is 0 Å². The Kier molecular flexibility index (Phi) is 7.48. The number of nitrogens with one attached hydrogen (secondary N) is 1. The van der Waals surface area contributed by atoms with Crippen LogP contribution in [0.5, 0.6) is 0 Å². The van der Waals surface area contributed by atoms with Crippen LogP contribution in [-0.2, 0) is 23.7 Å². The van der Waals surface area contributed by atoms with Crippen LogP contribution in [0.15, 0.2) is 0 Å². The fourth-order valence-corrected chi connectivity index (χ4v) is 4.89. The molecular weight excluding hydrogens is 333 g/mol. The van der Waals surface area contributed by atoms with Gasteiger partial charge in [0.15, 0.2) is 9.84 Å². The highest BCUT2D eigenvalue weighted by Crippen LogP contribution is 2.35. The molecule has 0 spiro atoms. The van der Waals surface area contributed by atoms with Crippen molar-refractivity contribution in [1.82, 2.24) is 5.32 Å². The molecule has 3 N–H and O–H groups in total. The Morgan fingerprint density at radius 3 is 2.59 bits per heavy atom. The van der Waals surface area contributed by atoms with Gasteiger partial charge in [0.25, 0.3) is 0 Å². The van der Waals surface area contributed by atoms with Crippen LogP contribution in [-0.4, -0.2) is 48.3 Å². The highest BCUT2D eigenvalue weighted by Gasteiger charge is 2.28. The number of hydrogen-bond acceptors (Lipinski definition) is 5. The summed E-state index contributed by atoms with van der Waals surface area (Å²) in [4.78, 5) is 28.0. The van der Waals surface area contributed by atoms with Gasteiger partial charge in [-0.25, -0.2) is 13.0 Å². The van der Waals surface area contributed by atoms with Crippen LogP contribution >= 0.6 is 7.82 Å². The van der Waals surface area contributed by atoms with E-state index in [2.05, 4.69) is 9.84 Å². The Morgan fingerprint density at radius 1 is 1.32 bits per heavy atom. The zero-order valence-corrected chi connectivity index (χ0v) is 14.3. The first-order valence-corrected chi connectivity index (χ1v) is 10.6. The first-order valence-electron chi connectivity index (χ1n) is 7.25. The van der Waals surface area contributed by atoms with E-state index in [4.69, 9.17) is 9.79 Å². The molecule has 1 amide bonds. The van der Waals surface area contributed by atoms with E-state index in [0.29, 0.717) is 12.8 Å². The molecule has 22 heavy (non-hydrogen) atoms. The van der Waals surface area contributed by atoms with Crippen molar-refractivity contribution in [2.75, 3.05) is 18.1 Å². The maximum Gasteiger partial charge on any atom is 0.469 e. The van der Waals surface area contributed by atoms with Crippen molar-refractivity contribution in [3.05, 3.63) is 0 Å².